The number of rotatable bonds is 0. The van der Waals surface area contributed by atoms with Crippen molar-refractivity contribution in [2.24, 2.45) is 0 Å². The van der Waals surface area contributed by atoms with Crippen molar-refractivity contribution >= 4 is 24.2 Å². The summed E-state index contributed by atoms with van der Waals surface area (Å²) >= 11 is 2.53. The van der Waals surface area contributed by atoms with Crippen molar-refractivity contribution in [1.82, 2.24) is 0 Å². The van der Waals surface area contributed by atoms with E-state index >= 15 is 0 Å². The van der Waals surface area contributed by atoms with Gasteiger partial charge in [-0.05, 0) is 0 Å². The molecule has 0 rings (SSSR count). The van der Waals surface area contributed by atoms with Crippen molar-refractivity contribution < 1.29 is 29.5 Å². The van der Waals surface area contributed by atoms with Gasteiger partial charge in [-0.3, -0.25) is 0 Å². The van der Waals surface area contributed by atoms with Gasteiger partial charge in [0, 0.05) is 18.6 Å². The molecule has 28 valence electrons. The smallest absolute Gasteiger partial charge is 0 e. The van der Waals surface area contributed by atoms with E-state index in [4.69, 9.17) is 0 Å². The molecule has 0 aliphatic rings. The molecule has 4 heavy (non-hydrogen) atoms. The van der Waals surface area contributed by atoms with Gasteiger partial charge >= 0.3 is 35.2 Å². The zero-order chi connectivity index (χ0) is 2.71. The number of hydrogen-bond acceptors (Lipinski definition) is 1. The molecular formula is CuSSeV. The Hall–Kier alpha value is 1.84. The van der Waals surface area contributed by atoms with Gasteiger partial charge in [0.1, 0.15) is 0 Å². The monoisotopic (exact) mass is 226 g/mol. The van der Waals surface area contributed by atoms with Gasteiger partial charge in [0.25, 0.3) is 0 Å². The van der Waals surface area contributed by atoms with Crippen molar-refractivity contribution in [1.29, 1.82) is 0 Å². The van der Waals surface area contributed by atoms with E-state index in [1.807, 2.05) is 0 Å². The van der Waals surface area contributed by atoms with Crippen molar-refractivity contribution in [2.45, 2.75) is 0 Å². The maximum atomic E-state index is 4.24. The minimum absolute atomic E-state index is 0. The maximum Gasteiger partial charge on any atom is 0 e. The van der Waals surface area contributed by atoms with Crippen LogP contribution >= 0.6 is 10.6 Å². The molecule has 0 aliphatic heterocycles. The Balaban J connectivity index is 0. The summed E-state index contributed by atoms with van der Waals surface area (Å²) in [6.07, 6.45) is 0. The fraction of sp³-hybridized carbons (Fsp3) is 0. The van der Waals surface area contributed by atoms with Crippen molar-refractivity contribution in [3.05, 3.63) is 0 Å². The third kappa shape index (κ3) is 9.14. The van der Waals surface area contributed by atoms with Crippen LogP contribution < -0.4 is 0 Å². The van der Waals surface area contributed by atoms with Crippen LogP contribution in [0.25, 0.3) is 0 Å². The fourth-order valence-electron chi connectivity index (χ4n) is 0. The quantitative estimate of drug-likeness (QED) is 0.533. The third-order valence-electron chi connectivity index (χ3n) is 0. The largest absolute Gasteiger partial charge is 0 e. The van der Waals surface area contributed by atoms with Crippen LogP contribution in [0.5, 0.6) is 0 Å². The van der Waals surface area contributed by atoms with Crippen molar-refractivity contribution in [3.63, 3.8) is 0 Å². The van der Waals surface area contributed by atoms with Gasteiger partial charge in [-0.1, -0.05) is 0 Å². The van der Waals surface area contributed by atoms with Crippen LogP contribution in [0.3, 0.4) is 0 Å². The molecule has 0 aliphatic carbocycles. The summed E-state index contributed by atoms with van der Waals surface area (Å²) in [4.78, 5) is 0. The molecule has 0 fully saturated rings. The second kappa shape index (κ2) is 8.85. The van der Waals surface area contributed by atoms with Crippen LogP contribution in [0, 0.1) is 0 Å². The van der Waals surface area contributed by atoms with Crippen molar-refractivity contribution in [3.8, 4) is 0 Å². The summed E-state index contributed by atoms with van der Waals surface area (Å²) in [7, 11) is 5.52. The topological polar surface area (TPSA) is 0 Å². The van der Waals surface area contributed by atoms with Crippen LogP contribution in [0.4, 0.5) is 0 Å². The van der Waals surface area contributed by atoms with Crippen LogP contribution in [-0.2, 0) is 29.5 Å². The Morgan fingerprint density at radius 3 is 1.75 bits per heavy atom. The van der Waals surface area contributed by atoms with E-state index in [0.717, 1.165) is 0 Å². The minimum atomic E-state index is 0. The molecule has 0 N–H and O–H groups in total. The summed E-state index contributed by atoms with van der Waals surface area (Å²) in [5.41, 5.74) is 0. The Morgan fingerprint density at radius 1 is 1.75 bits per heavy atom. The van der Waals surface area contributed by atoms with Gasteiger partial charge < -0.3 is 0 Å². The standard InChI is InChI=1S/Cu.S.Se.V. The van der Waals surface area contributed by atoms with Gasteiger partial charge in [-0.25, -0.2) is 0 Å². The van der Waals surface area contributed by atoms with Gasteiger partial charge in [0.2, 0.25) is 0 Å². The molecule has 1 radical (unpaired) electrons. The molecule has 0 saturated carbocycles. The molecule has 0 aromatic carbocycles. The van der Waals surface area contributed by atoms with Crippen LogP contribution in [0.1, 0.15) is 0 Å². The summed E-state index contributed by atoms with van der Waals surface area (Å²) in [6.45, 7) is 0. The normalized spacial score (nSPS) is 5.00. The zero-order valence-corrected chi connectivity index (χ0v) is 6.43. The Kier molecular flexibility index (Phi) is 20.5. The first kappa shape index (κ1) is 9.28. The molecule has 0 spiro atoms. The fourth-order valence-corrected chi connectivity index (χ4v) is 0. The molecule has 0 nitrogen and oxygen atoms in total. The molecule has 0 unspecified atom stereocenters. The second-order valence-electron chi connectivity index (χ2n) is 0.0503. The van der Waals surface area contributed by atoms with Gasteiger partial charge in [0.15, 0.2) is 0 Å². The molecule has 0 heterocycles. The van der Waals surface area contributed by atoms with E-state index < -0.39 is 0 Å². The first-order valence-corrected chi connectivity index (χ1v) is 4.16. The van der Waals surface area contributed by atoms with Crippen LogP contribution in [-0.4, -0.2) is 13.7 Å². The first-order chi connectivity index (χ1) is 1.41. The van der Waals surface area contributed by atoms with E-state index in [-0.39, 0.29) is 18.6 Å². The molecule has 0 atom stereocenters. The Bertz CT molecular complexity index is 29.0. The maximum absolute atomic E-state index is 4.24. The van der Waals surface area contributed by atoms with Crippen LogP contribution in [0.2, 0.25) is 0 Å². The van der Waals surface area contributed by atoms with Crippen LogP contribution in [0.15, 0.2) is 0 Å². The minimum Gasteiger partial charge on any atom is 0 e. The van der Waals surface area contributed by atoms with Crippen molar-refractivity contribution in [2.75, 3.05) is 0 Å². The number of hydrogen-bond donors (Lipinski definition) is 0. The summed E-state index contributed by atoms with van der Waals surface area (Å²) in [5, 5.41) is 0. The average molecular weight is 226 g/mol. The Labute approximate surface area is 53.3 Å². The van der Waals surface area contributed by atoms with Gasteiger partial charge in [-0.2, -0.15) is 0 Å². The predicted molar refractivity (Wildman–Crippen MR) is 13.3 cm³/mol. The average Bonchev–Trinajstić information content (AvgIpc) is 0.918. The molecule has 0 bridgehead atoms. The van der Waals surface area contributed by atoms with E-state index in [2.05, 4.69) is 24.2 Å². The summed E-state index contributed by atoms with van der Waals surface area (Å²) in [5.74, 6) is 0. The van der Waals surface area contributed by atoms with E-state index in [1.54, 1.807) is 0 Å². The molecule has 0 aromatic heterocycles. The first-order valence-electron chi connectivity index (χ1n) is 0.246. The van der Waals surface area contributed by atoms with E-state index in [9.17, 15) is 0 Å². The molecule has 0 saturated heterocycles. The van der Waals surface area contributed by atoms with Gasteiger partial charge in [-0.15, -0.1) is 0 Å². The molecule has 4 heteroatoms. The van der Waals surface area contributed by atoms with E-state index in [1.165, 1.54) is 11.0 Å². The predicted octanol–water partition coefficient (Wildman–Crippen LogP) is 0.262. The molecule has 0 aromatic rings. The Morgan fingerprint density at radius 2 is 1.75 bits per heavy atom. The summed E-state index contributed by atoms with van der Waals surface area (Å²) < 4.78 is 0. The molecule has 0 amide bonds. The second-order valence-corrected chi connectivity index (χ2v) is 3.23. The molecular weight excluding hydrogens is 226 g/mol. The van der Waals surface area contributed by atoms with Gasteiger partial charge in [0.05, 0.1) is 0 Å². The SMILES string of the molecule is [S]=[Cu]=[Se].[V]. The third-order valence-corrected chi connectivity index (χ3v) is 0. The zero-order valence-electron chi connectivity index (χ0n) is 1.57. The summed E-state index contributed by atoms with van der Waals surface area (Å²) in [6, 6.07) is 0. The van der Waals surface area contributed by atoms with E-state index in [0.29, 0.717) is 0 Å².